The number of aryl methyl sites for hydroxylation is 1. The fraction of sp³-hybridized carbons (Fsp3) is 0.143. The molecule has 4 rings (SSSR count). The quantitative estimate of drug-likeness (QED) is 0.207. The van der Waals surface area contributed by atoms with Gasteiger partial charge in [-0.2, -0.15) is 0 Å². The maximum absolute atomic E-state index is 12.9. The van der Waals surface area contributed by atoms with E-state index in [0.717, 1.165) is 11.1 Å². The zero-order chi connectivity index (χ0) is 23.5. The lowest BCUT2D eigenvalue weighted by Crippen LogP contribution is -2.13. The van der Waals surface area contributed by atoms with Crippen molar-refractivity contribution < 1.29 is 19.1 Å². The predicted molar refractivity (Wildman–Crippen MR) is 129 cm³/mol. The minimum atomic E-state index is -0.858. The molecule has 1 N–H and O–H groups in total. The largest absolute Gasteiger partial charge is 0.506 e. The summed E-state index contributed by atoms with van der Waals surface area (Å²) in [4.78, 5) is 25.5. The van der Waals surface area contributed by atoms with Crippen LogP contribution >= 0.6 is 0 Å². The van der Waals surface area contributed by atoms with Gasteiger partial charge in [0.25, 0.3) is 0 Å². The Kier molecular flexibility index (Phi) is 6.13. The molecule has 5 nitrogen and oxygen atoms in total. The summed E-state index contributed by atoms with van der Waals surface area (Å²) in [5.41, 5.74) is 1.31. The summed E-state index contributed by atoms with van der Waals surface area (Å²) in [6, 6.07) is 20.3. The minimum Gasteiger partial charge on any atom is -0.506 e. The van der Waals surface area contributed by atoms with E-state index < -0.39 is 11.4 Å². The summed E-state index contributed by atoms with van der Waals surface area (Å²) in [5.74, 6) is 0.414. The second kappa shape index (κ2) is 9.17. The molecule has 0 saturated carbocycles. The maximum Gasteiger partial charge on any atom is 0.351 e. The number of hydrogen-bond donors (Lipinski definition) is 1. The Bertz CT molecular complexity index is 1410. The van der Waals surface area contributed by atoms with Crippen LogP contribution in [0.3, 0.4) is 0 Å². The van der Waals surface area contributed by atoms with E-state index in [2.05, 4.69) is 0 Å². The van der Waals surface area contributed by atoms with Crippen molar-refractivity contribution in [1.29, 1.82) is 0 Å². The highest BCUT2D eigenvalue weighted by Gasteiger charge is 2.22. The van der Waals surface area contributed by atoms with Crippen LogP contribution in [0.15, 0.2) is 82.0 Å². The fourth-order valence-corrected chi connectivity index (χ4v) is 3.70. The zero-order valence-electron chi connectivity index (χ0n) is 18.7. The Morgan fingerprint density at radius 2 is 1.73 bits per heavy atom. The summed E-state index contributed by atoms with van der Waals surface area (Å²) in [7, 11) is 0. The van der Waals surface area contributed by atoms with Crippen LogP contribution in [0, 0.1) is 6.92 Å². The predicted octanol–water partition coefficient (Wildman–Crippen LogP) is 6.62. The van der Waals surface area contributed by atoms with Crippen molar-refractivity contribution >= 4 is 22.8 Å². The van der Waals surface area contributed by atoms with E-state index in [1.807, 2.05) is 68.4 Å². The number of ether oxygens (including phenoxy) is 1. The minimum absolute atomic E-state index is 0.0856. The van der Waals surface area contributed by atoms with Gasteiger partial charge in [0, 0.05) is 0 Å². The molecule has 0 amide bonds. The van der Waals surface area contributed by atoms with Gasteiger partial charge in [-0.1, -0.05) is 62.4 Å². The zero-order valence-corrected chi connectivity index (χ0v) is 18.7. The third-order valence-electron chi connectivity index (χ3n) is 5.40. The van der Waals surface area contributed by atoms with Crippen molar-refractivity contribution in [2.45, 2.75) is 26.7 Å². The molecule has 3 aromatic carbocycles. The molecule has 33 heavy (non-hydrogen) atoms. The summed E-state index contributed by atoms with van der Waals surface area (Å²) in [6.45, 7) is 5.74. The number of carbonyl (C=O) groups excluding carboxylic acids is 1. The first-order chi connectivity index (χ1) is 15.8. The van der Waals surface area contributed by atoms with E-state index in [1.54, 1.807) is 25.1 Å². The van der Waals surface area contributed by atoms with E-state index in [0.29, 0.717) is 28.0 Å². The number of hydrogen-bond acceptors (Lipinski definition) is 5. The second-order valence-electron chi connectivity index (χ2n) is 8.13. The number of para-hydroxylation sites is 1. The SMILES string of the molecule is Cc1ccc(C(C)C)c2oc(=O)c(C(=O)/C=C/c3cccc(Oc4ccccc4)c3)c(O)c12. The van der Waals surface area contributed by atoms with Gasteiger partial charge in [0.2, 0.25) is 0 Å². The first-order valence-electron chi connectivity index (χ1n) is 10.7. The molecule has 5 heteroatoms. The molecule has 1 heterocycles. The van der Waals surface area contributed by atoms with E-state index in [-0.39, 0.29) is 17.2 Å². The summed E-state index contributed by atoms with van der Waals surface area (Å²) < 4.78 is 11.3. The number of carbonyl (C=O) groups is 1. The molecule has 4 aromatic rings. The Labute approximate surface area is 191 Å². The van der Waals surface area contributed by atoms with E-state index in [4.69, 9.17) is 9.15 Å². The molecule has 0 fully saturated rings. The monoisotopic (exact) mass is 440 g/mol. The van der Waals surface area contributed by atoms with Crippen molar-refractivity contribution in [3.05, 3.63) is 105 Å². The molecule has 1 aromatic heterocycles. The van der Waals surface area contributed by atoms with Crippen molar-refractivity contribution in [1.82, 2.24) is 0 Å². The van der Waals surface area contributed by atoms with Crippen molar-refractivity contribution in [3.63, 3.8) is 0 Å². The normalized spacial score (nSPS) is 11.4. The van der Waals surface area contributed by atoms with Crippen LogP contribution in [0.25, 0.3) is 17.0 Å². The second-order valence-corrected chi connectivity index (χ2v) is 8.13. The van der Waals surface area contributed by atoms with E-state index >= 15 is 0 Å². The molecule has 166 valence electrons. The first kappa shape index (κ1) is 22.1. The van der Waals surface area contributed by atoms with Gasteiger partial charge < -0.3 is 14.3 Å². The van der Waals surface area contributed by atoms with Gasteiger partial charge in [-0.15, -0.1) is 0 Å². The first-order valence-corrected chi connectivity index (χ1v) is 10.7. The maximum atomic E-state index is 12.9. The van der Waals surface area contributed by atoms with Gasteiger partial charge in [0.05, 0.1) is 5.39 Å². The Morgan fingerprint density at radius 1 is 1.00 bits per heavy atom. The molecule has 0 atom stereocenters. The Hall–Kier alpha value is -4.12. The number of allylic oxidation sites excluding steroid dienone is 1. The number of ketones is 1. The smallest absolute Gasteiger partial charge is 0.351 e. The van der Waals surface area contributed by atoms with E-state index in [9.17, 15) is 14.7 Å². The summed E-state index contributed by atoms with van der Waals surface area (Å²) in [5, 5.41) is 11.2. The Balaban J connectivity index is 1.67. The van der Waals surface area contributed by atoms with Gasteiger partial charge in [0.1, 0.15) is 28.4 Å². The number of benzene rings is 3. The number of fused-ring (bicyclic) bond motifs is 1. The van der Waals surface area contributed by atoms with Crippen molar-refractivity contribution in [3.8, 4) is 17.2 Å². The third-order valence-corrected chi connectivity index (χ3v) is 5.40. The molecule has 0 aliphatic heterocycles. The Morgan fingerprint density at radius 3 is 2.45 bits per heavy atom. The van der Waals surface area contributed by atoms with Crippen LogP contribution in [0.1, 0.15) is 46.8 Å². The van der Waals surface area contributed by atoms with E-state index in [1.165, 1.54) is 6.08 Å². The lowest BCUT2D eigenvalue weighted by Gasteiger charge is -2.12. The van der Waals surface area contributed by atoms with Crippen LogP contribution in [0.2, 0.25) is 0 Å². The average Bonchev–Trinajstić information content (AvgIpc) is 2.78. The van der Waals surface area contributed by atoms with Crippen LogP contribution in [-0.4, -0.2) is 10.9 Å². The van der Waals surface area contributed by atoms with Crippen LogP contribution in [0.4, 0.5) is 0 Å². The molecule has 0 aliphatic carbocycles. The highest BCUT2D eigenvalue weighted by molar-refractivity contribution is 6.11. The molecule has 0 bridgehead atoms. The van der Waals surface area contributed by atoms with Gasteiger partial charge >= 0.3 is 5.63 Å². The molecule has 0 saturated heterocycles. The van der Waals surface area contributed by atoms with Gasteiger partial charge in [0.15, 0.2) is 5.78 Å². The lowest BCUT2D eigenvalue weighted by molar-refractivity contribution is 0.104. The summed E-state index contributed by atoms with van der Waals surface area (Å²) in [6.07, 6.45) is 2.82. The number of rotatable bonds is 6. The topological polar surface area (TPSA) is 76.7 Å². The molecule has 0 unspecified atom stereocenters. The van der Waals surface area contributed by atoms with Gasteiger partial charge in [-0.25, -0.2) is 4.79 Å². The molecule has 0 aliphatic rings. The van der Waals surface area contributed by atoms with Crippen LogP contribution in [0.5, 0.6) is 17.2 Å². The van der Waals surface area contributed by atoms with Crippen LogP contribution < -0.4 is 10.4 Å². The third kappa shape index (κ3) is 4.58. The molecular formula is C28H24O5. The molecule has 0 radical (unpaired) electrons. The van der Waals surface area contributed by atoms with Crippen LogP contribution in [-0.2, 0) is 0 Å². The number of aromatic hydroxyl groups is 1. The van der Waals surface area contributed by atoms with Crippen molar-refractivity contribution in [2.24, 2.45) is 0 Å². The highest BCUT2D eigenvalue weighted by atomic mass is 16.5. The van der Waals surface area contributed by atoms with Crippen molar-refractivity contribution in [2.75, 3.05) is 0 Å². The van der Waals surface area contributed by atoms with Gasteiger partial charge in [-0.05, 0) is 59.9 Å². The summed E-state index contributed by atoms with van der Waals surface area (Å²) >= 11 is 0. The molecular weight excluding hydrogens is 416 g/mol. The average molecular weight is 440 g/mol. The highest BCUT2D eigenvalue weighted by Crippen LogP contribution is 2.34. The fourth-order valence-electron chi connectivity index (χ4n) is 3.70. The van der Waals surface area contributed by atoms with Gasteiger partial charge in [-0.3, -0.25) is 4.79 Å². The lowest BCUT2D eigenvalue weighted by atomic mass is 9.96. The molecule has 0 spiro atoms. The standard InChI is InChI=1S/C28H24O5/c1-17(2)22-14-12-18(3)24-26(30)25(28(31)33-27(22)24)23(29)15-13-19-8-7-11-21(16-19)32-20-9-5-4-6-10-20/h4-17,30H,1-3H3/b15-13+.